The molecule has 0 saturated carbocycles. The molecule has 1 fully saturated rings. The van der Waals surface area contributed by atoms with Crippen LogP contribution in [0.3, 0.4) is 0 Å². The van der Waals surface area contributed by atoms with Crippen LogP contribution in [-0.2, 0) is 7.05 Å². The van der Waals surface area contributed by atoms with E-state index in [-0.39, 0.29) is 11.8 Å². The molecule has 7 nitrogen and oxygen atoms in total. The van der Waals surface area contributed by atoms with Crippen LogP contribution in [0.5, 0.6) is 0 Å². The van der Waals surface area contributed by atoms with Crippen molar-refractivity contribution >= 4 is 22.8 Å². The van der Waals surface area contributed by atoms with E-state index in [0.29, 0.717) is 29.7 Å². The third-order valence-electron chi connectivity index (χ3n) is 5.69. The van der Waals surface area contributed by atoms with Gasteiger partial charge in [0, 0.05) is 32.1 Å². The molecule has 1 aliphatic heterocycles. The Morgan fingerprint density at radius 2 is 2.04 bits per heavy atom. The lowest BCUT2D eigenvalue weighted by Crippen LogP contribution is -2.40. The number of hydrogen-bond acceptors (Lipinski definition) is 4. The van der Waals surface area contributed by atoms with Gasteiger partial charge in [-0.2, -0.15) is 5.10 Å². The fourth-order valence-corrected chi connectivity index (χ4v) is 4.36. The van der Waals surface area contributed by atoms with E-state index < -0.39 is 0 Å². The van der Waals surface area contributed by atoms with Crippen LogP contribution in [0.25, 0.3) is 11.0 Å². The Hall–Kier alpha value is -2.83. The molecule has 4 rings (SSSR count). The lowest BCUT2D eigenvalue weighted by molar-refractivity contribution is 0.0703. The van der Waals surface area contributed by atoms with Crippen LogP contribution in [0.15, 0.2) is 24.3 Å². The number of fused-ring (bicyclic) bond motifs is 1. The Labute approximate surface area is 165 Å². The molecule has 1 unspecified atom stereocenters. The normalized spacial score (nSPS) is 17.6. The van der Waals surface area contributed by atoms with Crippen LogP contribution in [0.4, 0.5) is 5.82 Å². The average molecular weight is 380 g/mol. The number of likely N-dealkylation sites (tertiary alicyclic amines) is 1. The maximum atomic E-state index is 13.2. The van der Waals surface area contributed by atoms with Crippen molar-refractivity contribution < 1.29 is 4.79 Å². The van der Waals surface area contributed by atoms with Crippen molar-refractivity contribution in [2.45, 2.75) is 45.6 Å². The molecule has 148 valence electrons. The molecule has 3 aromatic rings. The van der Waals surface area contributed by atoms with Crippen molar-refractivity contribution in [3.05, 3.63) is 41.3 Å². The fraction of sp³-hybridized carbons (Fsp3) is 0.476. The smallest absolute Gasteiger partial charge is 0.259 e. The first-order valence-electron chi connectivity index (χ1n) is 9.93. The second kappa shape index (κ2) is 6.96. The highest BCUT2D eigenvalue weighted by atomic mass is 16.2. The van der Waals surface area contributed by atoms with Crippen molar-refractivity contribution in [1.29, 1.82) is 0 Å². The SMILES string of the molecule is Cc1nn(C)c(N)c1C(=O)N1CCCC(c2nc3ccccc3n2C(C)C)C1. The predicted molar refractivity (Wildman–Crippen MR) is 110 cm³/mol. The number of aryl methyl sites for hydroxylation is 2. The largest absolute Gasteiger partial charge is 0.383 e. The predicted octanol–water partition coefficient (Wildman–Crippen LogP) is 3.26. The Morgan fingerprint density at radius 3 is 2.71 bits per heavy atom. The molecule has 0 radical (unpaired) electrons. The monoisotopic (exact) mass is 380 g/mol. The zero-order chi connectivity index (χ0) is 20.0. The maximum absolute atomic E-state index is 13.2. The third kappa shape index (κ3) is 2.95. The van der Waals surface area contributed by atoms with Gasteiger partial charge in [-0.25, -0.2) is 4.98 Å². The van der Waals surface area contributed by atoms with Crippen LogP contribution in [-0.4, -0.2) is 43.2 Å². The molecular formula is C21H28N6O. The van der Waals surface area contributed by atoms with Crippen molar-refractivity contribution in [2.24, 2.45) is 7.05 Å². The Morgan fingerprint density at radius 1 is 1.29 bits per heavy atom. The van der Waals surface area contributed by atoms with Crippen molar-refractivity contribution in [1.82, 2.24) is 24.2 Å². The van der Waals surface area contributed by atoms with Gasteiger partial charge in [0.2, 0.25) is 0 Å². The van der Waals surface area contributed by atoms with Gasteiger partial charge in [0.25, 0.3) is 5.91 Å². The summed E-state index contributed by atoms with van der Waals surface area (Å²) in [5.41, 5.74) is 9.49. The Bertz CT molecular complexity index is 1030. The number of anilines is 1. The number of nitrogens with zero attached hydrogens (tertiary/aromatic N) is 5. The van der Waals surface area contributed by atoms with Crippen LogP contribution in [0.1, 0.15) is 60.5 Å². The maximum Gasteiger partial charge on any atom is 0.259 e. The molecule has 1 amide bonds. The second-order valence-electron chi connectivity index (χ2n) is 7.98. The van der Waals surface area contributed by atoms with E-state index in [1.165, 1.54) is 0 Å². The van der Waals surface area contributed by atoms with E-state index in [2.05, 4.69) is 41.7 Å². The average Bonchev–Trinajstić information content (AvgIpc) is 3.18. The fourth-order valence-electron chi connectivity index (χ4n) is 4.36. The summed E-state index contributed by atoms with van der Waals surface area (Å²) in [4.78, 5) is 20.1. The van der Waals surface area contributed by atoms with E-state index in [1.807, 2.05) is 17.9 Å². The summed E-state index contributed by atoms with van der Waals surface area (Å²) >= 11 is 0. The van der Waals surface area contributed by atoms with Gasteiger partial charge in [-0.05, 0) is 45.7 Å². The summed E-state index contributed by atoms with van der Waals surface area (Å²) in [7, 11) is 1.77. The standard InChI is InChI=1S/C21H28N6O/c1-13(2)27-17-10-6-5-9-16(17)23-20(27)15-8-7-11-26(12-15)21(28)18-14(3)24-25(4)19(18)22/h5-6,9-10,13,15H,7-8,11-12,22H2,1-4H3. The van der Waals surface area contributed by atoms with Gasteiger partial charge >= 0.3 is 0 Å². The third-order valence-corrected chi connectivity index (χ3v) is 5.69. The Balaban J connectivity index is 1.67. The minimum Gasteiger partial charge on any atom is -0.383 e. The number of imidazole rings is 1. The summed E-state index contributed by atoms with van der Waals surface area (Å²) in [6, 6.07) is 8.57. The lowest BCUT2D eigenvalue weighted by atomic mass is 9.96. The van der Waals surface area contributed by atoms with Gasteiger partial charge < -0.3 is 15.2 Å². The van der Waals surface area contributed by atoms with Crippen LogP contribution >= 0.6 is 0 Å². The molecule has 0 bridgehead atoms. The molecule has 0 spiro atoms. The summed E-state index contributed by atoms with van der Waals surface area (Å²) < 4.78 is 3.89. The van der Waals surface area contributed by atoms with Crippen LogP contribution in [0.2, 0.25) is 0 Å². The van der Waals surface area contributed by atoms with E-state index in [4.69, 9.17) is 10.7 Å². The van der Waals surface area contributed by atoms with E-state index in [9.17, 15) is 4.79 Å². The first-order chi connectivity index (χ1) is 13.4. The van der Waals surface area contributed by atoms with Gasteiger partial charge in [-0.3, -0.25) is 9.48 Å². The number of nitrogens with two attached hydrogens (primary N) is 1. The second-order valence-corrected chi connectivity index (χ2v) is 7.98. The summed E-state index contributed by atoms with van der Waals surface area (Å²) in [5, 5.41) is 4.30. The number of para-hydroxylation sites is 2. The number of hydrogen-bond donors (Lipinski definition) is 1. The first kappa shape index (κ1) is 18.5. The highest BCUT2D eigenvalue weighted by Crippen LogP contribution is 2.32. The molecule has 28 heavy (non-hydrogen) atoms. The molecule has 1 aliphatic rings. The Kier molecular flexibility index (Phi) is 4.61. The molecule has 3 heterocycles. The number of carbonyl (C=O) groups is 1. The number of nitrogen functional groups attached to an aromatic ring is 1. The minimum atomic E-state index is -0.0278. The van der Waals surface area contributed by atoms with E-state index in [0.717, 1.165) is 36.2 Å². The molecule has 1 aromatic carbocycles. The summed E-state index contributed by atoms with van der Waals surface area (Å²) in [5.74, 6) is 1.69. The summed E-state index contributed by atoms with van der Waals surface area (Å²) in [6.45, 7) is 7.60. The minimum absolute atomic E-state index is 0.0278. The zero-order valence-electron chi connectivity index (χ0n) is 17.0. The lowest BCUT2D eigenvalue weighted by Gasteiger charge is -2.33. The first-order valence-corrected chi connectivity index (χ1v) is 9.93. The van der Waals surface area contributed by atoms with E-state index in [1.54, 1.807) is 11.7 Å². The highest BCUT2D eigenvalue weighted by molar-refractivity contribution is 5.99. The number of aromatic nitrogens is 4. The molecule has 1 atom stereocenters. The topological polar surface area (TPSA) is 82.0 Å². The number of rotatable bonds is 3. The van der Waals surface area contributed by atoms with Crippen LogP contribution < -0.4 is 5.73 Å². The van der Waals surface area contributed by atoms with E-state index >= 15 is 0 Å². The van der Waals surface area contributed by atoms with Gasteiger partial charge in [0.15, 0.2) is 0 Å². The molecule has 7 heteroatoms. The highest BCUT2D eigenvalue weighted by Gasteiger charge is 2.31. The molecular weight excluding hydrogens is 352 g/mol. The van der Waals surface area contributed by atoms with Crippen molar-refractivity contribution in [2.75, 3.05) is 18.8 Å². The molecule has 2 N–H and O–H groups in total. The zero-order valence-corrected chi connectivity index (χ0v) is 17.0. The molecule has 1 saturated heterocycles. The van der Waals surface area contributed by atoms with Crippen LogP contribution in [0, 0.1) is 6.92 Å². The molecule has 0 aliphatic carbocycles. The van der Waals surface area contributed by atoms with Gasteiger partial charge in [0.1, 0.15) is 17.2 Å². The van der Waals surface area contributed by atoms with Gasteiger partial charge in [-0.15, -0.1) is 0 Å². The van der Waals surface area contributed by atoms with Crippen molar-refractivity contribution in [3.63, 3.8) is 0 Å². The quantitative estimate of drug-likeness (QED) is 0.756. The number of amides is 1. The number of carbonyl (C=O) groups excluding carboxylic acids is 1. The van der Waals surface area contributed by atoms with Crippen molar-refractivity contribution in [3.8, 4) is 0 Å². The summed E-state index contributed by atoms with van der Waals surface area (Å²) in [6.07, 6.45) is 1.98. The number of piperidine rings is 1. The van der Waals surface area contributed by atoms with Gasteiger partial charge in [0.05, 0.1) is 16.7 Å². The van der Waals surface area contributed by atoms with Gasteiger partial charge in [-0.1, -0.05) is 12.1 Å². The number of benzene rings is 1. The molecule has 2 aromatic heterocycles.